The van der Waals surface area contributed by atoms with E-state index in [0.29, 0.717) is 43.4 Å². The highest BCUT2D eigenvalue weighted by molar-refractivity contribution is 8.00. The lowest BCUT2D eigenvalue weighted by molar-refractivity contribution is -0.137. The molecule has 222 valence electrons. The number of aromatic nitrogens is 2. The molecule has 1 saturated heterocycles. The number of rotatable bonds is 5. The van der Waals surface area contributed by atoms with Gasteiger partial charge in [0.1, 0.15) is 23.9 Å². The van der Waals surface area contributed by atoms with Crippen LogP contribution in [0.1, 0.15) is 49.8 Å². The fraction of sp³-hybridized carbons (Fsp3) is 0.419. The SMILES string of the molecule is COc1ccc(-n2nc(C(C)(C)C)c3c2N(CC(=O)N2CCN(C(C)=O)CC2)C(=O)CSC3c2cccc(F)c2)cc1. The minimum Gasteiger partial charge on any atom is -0.497 e. The number of hydrogen-bond donors (Lipinski definition) is 0. The number of methoxy groups -OCH3 is 1. The van der Waals surface area contributed by atoms with Crippen LogP contribution in [0, 0.1) is 5.82 Å². The Hall–Kier alpha value is -3.86. The van der Waals surface area contributed by atoms with E-state index in [0.717, 1.165) is 16.8 Å². The Morgan fingerprint density at radius 2 is 1.71 bits per heavy atom. The van der Waals surface area contributed by atoms with Crippen molar-refractivity contribution in [1.29, 1.82) is 0 Å². The maximum absolute atomic E-state index is 14.5. The molecule has 11 heteroatoms. The molecular formula is C31H36FN5O4S. The number of carbonyl (C=O) groups excluding carboxylic acids is 3. The lowest BCUT2D eigenvalue weighted by Crippen LogP contribution is -2.53. The van der Waals surface area contributed by atoms with E-state index in [1.54, 1.807) is 27.7 Å². The standard InChI is InChI=1S/C31H36FN5O4S/c1-20(38)34-13-15-35(16-14-34)25(39)18-36-26(40)19-42-28(21-7-6-8-22(32)17-21)27-29(31(2,3)4)33-37(30(27)36)23-9-11-24(41-5)12-10-23/h6-12,17,28H,13-16,18-19H2,1-5H3. The van der Waals surface area contributed by atoms with E-state index in [1.165, 1.54) is 35.7 Å². The average Bonchev–Trinajstić information content (AvgIpc) is 3.30. The molecular weight excluding hydrogens is 557 g/mol. The molecule has 5 rings (SSSR count). The van der Waals surface area contributed by atoms with Crippen LogP contribution in [0.15, 0.2) is 48.5 Å². The first-order valence-corrected chi connectivity index (χ1v) is 15.0. The van der Waals surface area contributed by atoms with Gasteiger partial charge in [-0.1, -0.05) is 32.9 Å². The summed E-state index contributed by atoms with van der Waals surface area (Å²) >= 11 is 1.41. The number of anilines is 1. The molecule has 1 aromatic heterocycles. The second-order valence-electron chi connectivity index (χ2n) is 11.6. The molecule has 0 aliphatic carbocycles. The summed E-state index contributed by atoms with van der Waals surface area (Å²) in [6.45, 7) is 9.22. The number of benzene rings is 2. The summed E-state index contributed by atoms with van der Waals surface area (Å²) in [5, 5.41) is 4.68. The van der Waals surface area contributed by atoms with Crippen LogP contribution in [0.3, 0.4) is 0 Å². The van der Waals surface area contributed by atoms with Crippen LogP contribution in [-0.2, 0) is 19.8 Å². The highest BCUT2D eigenvalue weighted by atomic mass is 32.2. The molecule has 1 fully saturated rings. The summed E-state index contributed by atoms with van der Waals surface area (Å²) in [6, 6.07) is 13.8. The van der Waals surface area contributed by atoms with Gasteiger partial charge in [0, 0.05) is 44.1 Å². The third-order valence-corrected chi connectivity index (χ3v) is 8.89. The zero-order valence-electron chi connectivity index (χ0n) is 24.6. The lowest BCUT2D eigenvalue weighted by atomic mass is 9.87. The van der Waals surface area contributed by atoms with Gasteiger partial charge in [0.2, 0.25) is 17.7 Å². The number of ether oxygens (including phenoxy) is 1. The average molecular weight is 594 g/mol. The Bertz CT molecular complexity index is 1490. The van der Waals surface area contributed by atoms with Crippen molar-refractivity contribution in [2.45, 2.75) is 38.4 Å². The van der Waals surface area contributed by atoms with Gasteiger partial charge in [0.05, 0.1) is 29.5 Å². The van der Waals surface area contributed by atoms with Crippen LogP contribution < -0.4 is 9.64 Å². The van der Waals surface area contributed by atoms with Crippen molar-refractivity contribution >= 4 is 35.3 Å². The predicted octanol–water partition coefficient (Wildman–Crippen LogP) is 4.18. The summed E-state index contributed by atoms with van der Waals surface area (Å²) in [6.07, 6.45) is 0. The first kappa shape index (κ1) is 29.6. The molecule has 3 heterocycles. The molecule has 42 heavy (non-hydrogen) atoms. The zero-order valence-corrected chi connectivity index (χ0v) is 25.4. The van der Waals surface area contributed by atoms with Gasteiger partial charge < -0.3 is 14.5 Å². The first-order valence-electron chi connectivity index (χ1n) is 14.0. The number of thioether (sulfide) groups is 1. The number of piperazine rings is 1. The fourth-order valence-electron chi connectivity index (χ4n) is 5.42. The van der Waals surface area contributed by atoms with E-state index in [2.05, 4.69) is 20.8 Å². The quantitative estimate of drug-likeness (QED) is 0.441. The van der Waals surface area contributed by atoms with Crippen molar-refractivity contribution in [3.05, 3.63) is 71.2 Å². The zero-order chi connectivity index (χ0) is 30.2. The van der Waals surface area contributed by atoms with E-state index in [9.17, 15) is 18.8 Å². The number of amides is 3. The van der Waals surface area contributed by atoms with E-state index >= 15 is 0 Å². The van der Waals surface area contributed by atoms with Gasteiger partial charge in [0.25, 0.3) is 0 Å². The van der Waals surface area contributed by atoms with Crippen molar-refractivity contribution in [1.82, 2.24) is 19.6 Å². The molecule has 0 radical (unpaired) electrons. The van der Waals surface area contributed by atoms with Crippen molar-refractivity contribution in [3.63, 3.8) is 0 Å². The second-order valence-corrected chi connectivity index (χ2v) is 12.7. The Kier molecular flexibility index (Phi) is 8.32. The van der Waals surface area contributed by atoms with E-state index in [-0.39, 0.29) is 41.1 Å². The molecule has 9 nitrogen and oxygen atoms in total. The Morgan fingerprint density at radius 3 is 2.31 bits per heavy atom. The summed E-state index contributed by atoms with van der Waals surface area (Å²) in [4.78, 5) is 44.3. The number of carbonyl (C=O) groups is 3. The molecule has 1 atom stereocenters. The molecule has 3 amide bonds. The second kappa shape index (κ2) is 11.8. The molecule has 0 N–H and O–H groups in total. The first-order chi connectivity index (χ1) is 20.0. The van der Waals surface area contributed by atoms with E-state index in [1.807, 2.05) is 30.3 Å². The van der Waals surface area contributed by atoms with Gasteiger partial charge in [-0.15, -0.1) is 11.8 Å². The van der Waals surface area contributed by atoms with Crippen molar-refractivity contribution in [2.24, 2.45) is 0 Å². The van der Waals surface area contributed by atoms with Crippen molar-refractivity contribution in [2.75, 3.05) is 50.5 Å². The van der Waals surface area contributed by atoms with Crippen LogP contribution in [0.4, 0.5) is 10.2 Å². The van der Waals surface area contributed by atoms with Crippen LogP contribution in [0.5, 0.6) is 5.75 Å². The molecule has 0 spiro atoms. The van der Waals surface area contributed by atoms with Crippen LogP contribution in [0.25, 0.3) is 5.69 Å². The molecule has 2 aliphatic heterocycles. The van der Waals surface area contributed by atoms with Gasteiger partial charge in [-0.3, -0.25) is 19.3 Å². The summed E-state index contributed by atoms with van der Waals surface area (Å²) in [7, 11) is 1.59. The summed E-state index contributed by atoms with van der Waals surface area (Å²) in [5.74, 6) is 0.472. The summed E-state index contributed by atoms with van der Waals surface area (Å²) in [5.41, 5.74) is 2.54. The smallest absolute Gasteiger partial charge is 0.242 e. The monoisotopic (exact) mass is 593 g/mol. The number of halogens is 1. The predicted molar refractivity (Wildman–Crippen MR) is 161 cm³/mol. The number of fused-ring (bicyclic) bond motifs is 1. The minimum absolute atomic E-state index is 0.0204. The Labute approximate surface area is 249 Å². The van der Waals surface area contributed by atoms with Gasteiger partial charge >= 0.3 is 0 Å². The van der Waals surface area contributed by atoms with Gasteiger partial charge in [-0.25, -0.2) is 9.07 Å². The Morgan fingerprint density at radius 1 is 1.05 bits per heavy atom. The third kappa shape index (κ3) is 5.88. The van der Waals surface area contributed by atoms with E-state index < -0.39 is 5.41 Å². The summed E-state index contributed by atoms with van der Waals surface area (Å²) < 4.78 is 21.6. The van der Waals surface area contributed by atoms with Crippen LogP contribution in [-0.4, -0.2) is 82.9 Å². The molecule has 2 aliphatic rings. The molecule has 2 aromatic carbocycles. The highest BCUT2D eigenvalue weighted by Gasteiger charge is 2.40. The maximum Gasteiger partial charge on any atom is 0.242 e. The van der Waals surface area contributed by atoms with Crippen molar-refractivity contribution < 1.29 is 23.5 Å². The molecule has 1 unspecified atom stereocenters. The minimum atomic E-state index is -0.431. The number of nitrogens with zero attached hydrogens (tertiary/aromatic N) is 5. The highest BCUT2D eigenvalue weighted by Crippen LogP contribution is 2.48. The van der Waals surface area contributed by atoms with Crippen LogP contribution >= 0.6 is 11.8 Å². The van der Waals surface area contributed by atoms with Gasteiger partial charge in [-0.2, -0.15) is 5.10 Å². The molecule has 0 bridgehead atoms. The van der Waals surface area contributed by atoms with E-state index in [4.69, 9.17) is 9.84 Å². The molecule has 0 saturated carbocycles. The fourth-order valence-corrected chi connectivity index (χ4v) is 6.60. The largest absolute Gasteiger partial charge is 0.497 e. The topological polar surface area (TPSA) is 88.0 Å². The Balaban J connectivity index is 1.65. The van der Waals surface area contributed by atoms with Crippen LogP contribution in [0.2, 0.25) is 0 Å². The third-order valence-electron chi connectivity index (χ3n) is 7.64. The van der Waals surface area contributed by atoms with Crippen molar-refractivity contribution in [3.8, 4) is 11.4 Å². The molecule has 3 aromatic rings. The normalized spacial score (nSPS) is 17.6. The number of hydrogen-bond acceptors (Lipinski definition) is 6. The lowest BCUT2D eigenvalue weighted by Gasteiger charge is -2.35. The van der Waals surface area contributed by atoms with Gasteiger partial charge in [0.15, 0.2) is 0 Å². The maximum atomic E-state index is 14.5. The van der Waals surface area contributed by atoms with Gasteiger partial charge in [-0.05, 0) is 42.0 Å².